The van der Waals surface area contributed by atoms with E-state index in [9.17, 15) is 4.79 Å². The molecule has 0 aliphatic heterocycles. The number of nitrogens with two attached hydrogens (primary N) is 1. The molecule has 1 aromatic heterocycles. The van der Waals surface area contributed by atoms with Crippen LogP contribution in [0.25, 0.3) is 0 Å². The fraction of sp³-hybridized carbons (Fsp3) is 0.154. The van der Waals surface area contributed by atoms with Gasteiger partial charge in [0.2, 0.25) is 5.78 Å². The Labute approximate surface area is 109 Å². The van der Waals surface area contributed by atoms with Crippen molar-refractivity contribution >= 4 is 33.7 Å². The Morgan fingerprint density at radius 3 is 2.71 bits per heavy atom. The van der Waals surface area contributed by atoms with Crippen LogP contribution in [0.3, 0.4) is 0 Å². The Hall–Kier alpha value is -1.32. The molecule has 2 rings (SSSR count). The van der Waals surface area contributed by atoms with Crippen LogP contribution >= 0.6 is 22.9 Å². The highest BCUT2D eigenvalue weighted by Gasteiger charge is 2.16. The fourth-order valence-corrected chi connectivity index (χ4v) is 2.81. The molecule has 88 valence electrons. The van der Waals surface area contributed by atoms with Gasteiger partial charge in [-0.3, -0.25) is 4.79 Å². The first kappa shape index (κ1) is 12.1. The van der Waals surface area contributed by atoms with Crippen molar-refractivity contribution in [3.8, 4) is 0 Å². The van der Waals surface area contributed by atoms with Gasteiger partial charge in [-0.15, -0.1) is 11.3 Å². The highest BCUT2D eigenvalue weighted by molar-refractivity contribution is 7.18. The first-order valence-electron chi connectivity index (χ1n) is 5.31. The zero-order valence-electron chi connectivity index (χ0n) is 9.37. The van der Waals surface area contributed by atoms with Crippen LogP contribution in [0.5, 0.6) is 0 Å². The van der Waals surface area contributed by atoms with Crippen LogP contribution in [0.1, 0.15) is 27.7 Å². The summed E-state index contributed by atoms with van der Waals surface area (Å²) >= 11 is 7.32. The molecule has 0 saturated heterocycles. The summed E-state index contributed by atoms with van der Waals surface area (Å²) in [6, 6.07) is 8.90. The number of anilines is 1. The largest absolute Gasteiger partial charge is 0.390 e. The molecule has 1 aromatic carbocycles. The van der Waals surface area contributed by atoms with Crippen molar-refractivity contribution < 1.29 is 4.79 Å². The summed E-state index contributed by atoms with van der Waals surface area (Å²) in [4.78, 5) is 12.9. The molecule has 1 heterocycles. The zero-order valence-corrected chi connectivity index (χ0v) is 10.9. The van der Waals surface area contributed by atoms with Gasteiger partial charge in [-0.05, 0) is 30.2 Å². The number of hydrogen-bond acceptors (Lipinski definition) is 3. The van der Waals surface area contributed by atoms with Gasteiger partial charge in [-0.25, -0.2) is 0 Å². The van der Waals surface area contributed by atoms with Gasteiger partial charge in [0.1, 0.15) is 0 Å². The van der Waals surface area contributed by atoms with E-state index in [1.165, 1.54) is 11.3 Å². The average Bonchev–Trinajstić information content (AvgIpc) is 2.70. The summed E-state index contributed by atoms with van der Waals surface area (Å²) in [5, 5.41) is 1.19. The number of halogens is 1. The maximum atomic E-state index is 12.2. The van der Waals surface area contributed by atoms with Crippen LogP contribution < -0.4 is 5.73 Å². The summed E-state index contributed by atoms with van der Waals surface area (Å²) in [5.41, 5.74) is 7.38. The van der Waals surface area contributed by atoms with E-state index in [0.717, 1.165) is 12.0 Å². The van der Waals surface area contributed by atoms with Gasteiger partial charge >= 0.3 is 0 Å². The van der Waals surface area contributed by atoms with E-state index in [1.54, 1.807) is 24.3 Å². The number of carbonyl (C=O) groups is 1. The maximum Gasteiger partial charge on any atom is 0.204 e. The van der Waals surface area contributed by atoms with Crippen molar-refractivity contribution in [1.82, 2.24) is 0 Å². The number of hydrogen-bond donors (Lipinski definition) is 1. The lowest BCUT2D eigenvalue weighted by Gasteiger charge is -2.00. The highest BCUT2D eigenvalue weighted by Crippen LogP contribution is 2.29. The predicted octanol–water partition coefficient (Wildman–Crippen LogP) is 3.78. The Morgan fingerprint density at radius 2 is 2.12 bits per heavy atom. The third-order valence-corrected chi connectivity index (χ3v) is 3.90. The monoisotopic (exact) mass is 265 g/mol. The first-order chi connectivity index (χ1) is 8.13. The Balaban J connectivity index is 2.41. The standard InChI is InChI=1S/C13H12ClNOS/c1-2-8-7-11(17-13(8)15)12(16)9-5-3-4-6-10(9)14/h3-7H,2,15H2,1H3. The van der Waals surface area contributed by atoms with E-state index in [-0.39, 0.29) is 5.78 Å². The van der Waals surface area contributed by atoms with Gasteiger partial charge in [0.15, 0.2) is 0 Å². The van der Waals surface area contributed by atoms with Crippen molar-refractivity contribution in [2.75, 3.05) is 5.73 Å². The van der Waals surface area contributed by atoms with E-state index in [0.29, 0.717) is 20.5 Å². The van der Waals surface area contributed by atoms with Crippen molar-refractivity contribution in [3.05, 3.63) is 51.4 Å². The number of carbonyl (C=O) groups excluding carboxylic acids is 1. The molecule has 2 aromatic rings. The molecular formula is C13H12ClNOS. The molecule has 0 aliphatic carbocycles. The van der Waals surface area contributed by atoms with Crippen molar-refractivity contribution in [3.63, 3.8) is 0 Å². The molecule has 0 fully saturated rings. The van der Waals surface area contributed by atoms with E-state index < -0.39 is 0 Å². The predicted molar refractivity (Wildman–Crippen MR) is 73.0 cm³/mol. The molecule has 0 aliphatic rings. The van der Waals surface area contributed by atoms with E-state index >= 15 is 0 Å². The minimum absolute atomic E-state index is 0.0630. The number of thiophene rings is 1. The van der Waals surface area contributed by atoms with Crippen LogP contribution in [-0.2, 0) is 6.42 Å². The Kier molecular flexibility index (Phi) is 3.50. The minimum Gasteiger partial charge on any atom is -0.390 e. The lowest BCUT2D eigenvalue weighted by molar-refractivity contribution is 0.104. The maximum absolute atomic E-state index is 12.2. The molecule has 2 nitrogen and oxygen atoms in total. The van der Waals surface area contributed by atoms with Crippen LogP contribution in [0.2, 0.25) is 5.02 Å². The average molecular weight is 266 g/mol. The quantitative estimate of drug-likeness (QED) is 0.859. The van der Waals surface area contributed by atoms with Crippen molar-refractivity contribution in [2.24, 2.45) is 0 Å². The molecule has 0 radical (unpaired) electrons. The molecule has 4 heteroatoms. The topological polar surface area (TPSA) is 43.1 Å². The van der Waals surface area contributed by atoms with Gasteiger partial charge in [-0.1, -0.05) is 30.7 Å². The lowest BCUT2D eigenvalue weighted by Crippen LogP contribution is -1.99. The molecule has 0 unspecified atom stereocenters. The lowest BCUT2D eigenvalue weighted by atomic mass is 10.1. The molecule has 2 N–H and O–H groups in total. The number of aryl methyl sites for hydroxylation is 1. The Morgan fingerprint density at radius 1 is 1.41 bits per heavy atom. The second-order valence-corrected chi connectivity index (χ2v) is 5.15. The zero-order chi connectivity index (χ0) is 12.4. The third-order valence-electron chi connectivity index (χ3n) is 2.56. The summed E-state index contributed by atoms with van der Waals surface area (Å²) in [6.45, 7) is 2.02. The molecule has 0 amide bonds. The van der Waals surface area contributed by atoms with Crippen LogP contribution in [0.15, 0.2) is 30.3 Å². The van der Waals surface area contributed by atoms with E-state index in [4.69, 9.17) is 17.3 Å². The van der Waals surface area contributed by atoms with E-state index in [1.807, 2.05) is 13.0 Å². The third kappa shape index (κ3) is 2.35. The van der Waals surface area contributed by atoms with Gasteiger partial charge < -0.3 is 5.73 Å². The van der Waals surface area contributed by atoms with Gasteiger partial charge in [-0.2, -0.15) is 0 Å². The summed E-state index contributed by atoms with van der Waals surface area (Å²) in [5.74, 6) is -0.0630. The number of nitrogen functional groups attached to an aromatic ring is 1. The van der Waals surface area contributed by atoms with Gasteiger partial charge in [0.25, 0.3) is 0 Å². The molecule has 0 atom stereocenters. The van der Waals surface area contributed by atoms with Gasteiger partial charge in [0.05, 0.1) is 14.9 Å². The SMILES string of the molecule is CCc1cc(C(=O)c2ccccc2Cl)sc1N. The number of benzene rings is 1. The van der Waals surface area contributed by atoms with Crippen LogP contribution in [-0.4, -0.2) is 5.78 Å². The normalized spacial score (nSPS) is 10.5. The second-order valence-electron chi connectivity index (χ2n) is 3.66. The fourth-order valence-electron chi connectivity index (χ4n) is 1.61. The molecule has 17 heavy (non-hydrogen) atoms. The van der Waals surface area contributed by atoms with Crippen LogP contribution in [0, 0.1) is 0 Å². The smallest absolute Gasteiger partial charge is 0.204 e. The van der Waals surface area contributed by atoms with E-state index in [2.05, 4.69) is 0 Å². The summed E-state index contributed by atoms with van der Waals surface area (Å²) < 4.78 is 0. The second kappa shape index (κ2) is 4.90. The minimum atomic E-state index is -0.0630. The molecule has 0 saturated carbocycles. The van der Waals surface area contributed by atoms with Crippen molar-refractivity contribution in [2.45, 2.75) is 13.3 Å². The number of rotatable bonds is 3. The molecule has 0 spiro atoms. The molecular weight excluding hydrogens is 254 g/mol. The van der Waals surface area contributed by atoms with Gasteiger partial charge in [0, 0.05) is 5.56 Å². The molecule has 0 bridgehead atoms. The number of ketones is 1. The first-order valence-corrected chi connectivity index (χ1v) is 6.50. The summed E-state index contributed by atoms with van der Waals surface area (Å²) in [7, 11) is 0. The van der Waals surface area contributed by atoms with Crippen molar-refractivity contribution in [1.29, 1.82) is 0 Å². The van der Waals surface area contributed by atoms with Crippen LogP contribution in [0.4, 0.5) is 5.00 Å². The highest BCUT2D eigenvalue weighted by atomic mass is 35.5. The summed E-state index contributed by atoms with van der Waals surface area (Å²) in [6.07, 6.45) is 0.831. The Bertz CT molecular complexity index is 562.